The molecule has 6 aromatic rings. The van der Waals surface area contributed by atoms with Crippen molar-refractivity contribution in [3.05, 3.63) is 139 Å². The highest BCUT2D eigenvalue weighted by Crippen LogP contribution is 2.42. The molecule has 1 N–H and O–H groups in total. The lowest BCUT2D eigenvalue weighted by Crippen LogP contribution is -2.22. The van der Waals surface area contributed by atoms with Crippen LogP contribution in [0.1, 0.15) is 5.56 Å². The van der Waals surface area contributed by atoms with Gasteiger partial charge in [-0.2, -0.15) is 0 Å². The van der Waals surface area contributed by atoms with Crippen molar-refractivity contribution in [3.8, 4) is 45.3 Å². The number of anilines is 1. The minimum atomic E-state index is 0.137. The Balaban J connectivity index is 1.22. The molecule has 8 rings (SSSR count). The third-order valence-electron chi connectivity index (χ3n) is 7.57. The number of nitrogens with one attached hydrogen (secondary N) is 1. The highest BCUT2D eigenvalue weighted by Gasteiger charge is 2.25. The normalized spacial score (nSPS) is 15.2. The van der Waals surface area contributed by atoms with Crippen molar-refractivity contribution in [1.29, 1.82) is 0 Å². The Morgan fingerprint density at radius 1 is 0.585 bits per heavy atom. The molecule has 2 aromatic heterocycles. The van der Waals surface area contributed by atoms with Crippen LogP contribution in [0, 0.1) is 0 Å². The number of aromatic nitrogens is 3. The fourth-order valence-corrected chi connectivity index (χ4v) is 5.53. The second-order valence-electron chi connectivity index (χ2n) is 10.1. The van der Waals surface area contributed by atoms with Crippen LogP contribution in [0.15, 0.2) is 137 Å². The van der Waals surface area contributed by atoms with E-state index in [1.165, 1.54) is 5.57 Å². The zero-order chi connectivity index (χ0) is 27.2. The molecule has 1 unspecified atom stereocenters. The number of benzene rings is 4. The molecule has 1 atom stereocenters. The van der Waals surface area contributed by atoms with Crippen molar-refractivity contribution in [1.82, 2.24) is 15.0 Å². The van der Waals surface area contributed by atoms with Gasteiger partial charge in [-0.1, -0.05) is 121 Å². The van der Waals surface area contributed by atoms with Gasteiger partial charge in [0.25, 0.3) is 0 Å². The van der Waals surface area contributed by atoms with Crippen LogP contribution in [0.3, 0.4) is 0 Å². The summed E-state index contributed by atoms with van der Waals surface area (Å²) in [6, 6.07) is 34.9. The Kier molecular flexibility index (Phi) is 5.45. The summed E-state index contributed by atoms with van der Waals surface area (Å²) in [4.78, 5) is 14.6. The molecular formula is C36H24N4O. The summed E-state index contributed by atoms with van der Waals surface area (Å²) in [5, 5.41) is 4.65. The Bertz CT molecular complexity index is 1950. The fourth-order valence-electron chi connectivity index (χ4n) is 5.53. The van der Waals surface area contributed by atoms with E-state index >= 15 is 0 Å². The summed E-state index contributed by atoms with van der Waals surface area (Å²) in [5.41, 5.74) is 8.24. The molecule has 0 amide bonds. The number of hydrogen-bond donors (Lipinski definition) is 1. The molecule has 41 heavy (non-hydrogen) atoms. The van der Waals surface area contributed by atoms with Crippen LogP contribution in [-0.2, 0) is 0 Å². The first-order chi connectivity index (χ1) is 20.3. The first kappa shape index (κ1) is 23.3. The fraction of sp³-hybridized carbons (Fsp3) is 0.0278. The molecule has 4 aromatic carbocycles. The standard InChI is InChI=1S/C36H24N4O/c1-3-10-24(11-4-1)33-38-34(25-12-5-2-6-13-25)40-35(39-33)26-20-18-23(19-21-26)28-15-9-17-31-32(28)29-22-27-14-7-8-16-30(27)37-36(29)41-31/h1-22,30,37H. The maximum absolute atomic E-state index is 6.26. The SMILES string of the molecule is C1=CC2=Cc3c(oc4cccc(-c5ccc(-c6nc(-c7ccccc7)nc(-c7ccccc7)n6)cc5)c34)NC2C=C1. The van der Waals surface area contributed by atoms with Crippen molar-refractivity contribution in [3.63, 3.8) is 0 Å². The van der Waals surface area contributed by atoms with E-state index in [2.05, 4.69) is 66.0 Å². The second-order valence-corrected chi connectivity index (χ2v) is 10.1. The predicted octanol–water partition coefficient (Wildman–Crippen LogP) is 8.59. The van der Waals surface area contributed by atoms with Gasteiger partial charge in [-0.15, -0.1) is 0 Å². The number of furan rings is 1. The maximum Gasteiger partial charge on any atom is 0.202 e. The molecule has 0 spiro atoms. The Morgan fingerprint density at radius 2 is 1.20 bits per heavy atom. The van der Waals surface area contributed by atoms with E-state index in [4.69, 9.17) is 19.4 Å². The van der Waals surface area contributed by atoms with Crippen molar-refractivity contribution in [2.24, 2.45) is 0 Å². The number of fused-ring (bicyclic) bond motifs is 4. The van der Waals surface area contributed by atoms with Gasteiger partial charge in [-0.3, -0.25) is 0 Å². The number of hydrogen-bond acceptors (Lipinski definition) is 5. The van der Waals surface area contributed by atoms with Crippen molar-refractivity contribution < 1.29 is 4.42 Å². The van der Waals surface area contributed by atoms with Gasteiger partial charge in [-0.05, 0) is 28.8 Å². The zero-order valence-electron chi connectivity index (χ0n) is 22.0. The van der Waals surface area contributed by atoms with Gasteiger partial charge in [-0.25, -0.2) is 15.0 Å². The van der Waals surface area contributed by atoms with Gasteiger partial charge in [0.15, 0.2) is 17.5 Å². The smallest absolute Gasteiger partial charge is 0.202 e. The Labute approximate surface area is 237 Å². The lowest BCUT2D eigenvalue weighted by Gasteiger charge is -2.22. The van der Waals surface area contributed by atoms with Gasteiger partial charge >= 0.3 is 0 Å². The Hall–Kier alpha value is -5.55. The van der Waals surface area contributed by atoms with Gasteiger partial charge in [0.1, 0.15) is 5.58 Å². The van der Waals surface area contributed by atoms with E-state index in [9.17, 15) is 0 Å². The molecule has 0 radical (unpaired) electrons. The van der Waals surface area contributed by atoms with Crippen molar-refractivity contribution in [2.45, 2.75) is 6.04 Å². The largest absolute Gasteiger partial charge is 0.440 e. The number of rotatable bonds is 4. The molecule has 194 valence electrons. The molecule has 1 aliphatic heterocycles. The lowest BCUT2D eigenvalue weighted by molar-refractivity contribution is 0.622. The highest BCUT2D eigenvalue weighted by atomic mass is 16.4. The third kappa shape index (κ3) is 4.15. The van der Waals surface area contributed by atoms with Gasteiger partial charge in [0.2, 0.25) is 5.88 Å². The van der Waals surface area contributed by atoms with Crippen molar-refractivity contribution in [2.75, 3.05) is 5.32 Å². The maximum atomic E-state index is 6.26. The van der Waals surface area contributed by atoms with Crippen molar-refractivity contribution >= 4 is 22.9 Å². The molecule has 0 bridgehead atoms. The topological polar surface area (TPSA) is 63.8 Å². The van der Waals surface area contributed by atoms with Crippen LogP contribution in [0.25, 0.3) is 62.3 Å². The minimum absolute atomic E-state index is 0.137. The van der Waals surface area contributed by atoms with Crippen LogP contribution in [0.2, 0.25) is 0 Å². The van der Waals surface area contributed by atoms with E-state index in [1.54, 1.807) is 0 Å². The number of allylic oxidation sites excluding steroid dienone is 2. The monoisotopic (exact) mass is 528 g/mol. The van der Waals surface area contributed by atoms with Crippen LogP contribution in [-0.4, -0.2) is 21.0 Å². The molecule has 0 fully saturated rings. The van der Waals surface area contributed by atoms with Gasteiger partial charge in [0.05, 0.1) is 6.04 Å². The van der Waals surface area contributed by atoms with E-state index in [-0.39, 0.29) is 6.04 Å². The van der Waals surface area contributed by atoms with Gasteiger partial charge in [0, 0.05) is 27.6 Å². The minimum Gasteiger partial charge on any atom is -0.440 e. The first-order valence-electron chi connectivity index (χ1n) is 13.7. The molecule has 3 heterocycles. The first-order valence-corrected chi connectivity index (χ1v) is 13.7. The van der Waals surface area contributed by atoms with Crippen LogP contribution >= 0.6 is 0 Å². The zero-order valence-corrected chi connectivity index (χ0v) is 22.0. The van der Waals surface area contributed by atoms with E-state index in [0.717, 1.165) is 50.2 Å². The molecule has 0 saturated carbocycles. The second kappa shape index (κ2) is 9.57. The molecule has 5 nitrogen and oxygen atoms in total. The van der Waals surface area contributed by atoms with E-state index in [0.29, 0.717) is 17.5 Å². The molecular weight excluding hydrogens is 504 g/mol. The quantitative estimate of drug-likeness (QED) is 0.248. The van der Waals surface area contributed by atoms with Crippen LogP contribution in [0.4, 0.5) is 5.88 Å². The average Bonchev–Trinajstić information content (AvgIpc) is 3.42. The predicted molar refractivity (Wildman–Crippen MR) is 165 cm³/mol. The third-order valence-corrected chi connectivity index (χ3v) is 7.57. The van der Waals surface area contributed by atoms with E-state index < -0.39 is 0 Å². The lowest BCUT2D eigenvalue weighted by atomic mass is 9.93. The summed E-state index contributed by atoms with van der Waals surface area (Å²) in [6.45, 7) is 0. The molecule has 1 aliphatic carbocycles. The summed E-state index contributed by atoms with van der Waals surface area (Å²) in [7, 11) is 0. The summed E-state index contributed by atoms with van der Waals surface area (Å²) in [6.07, 6.45) is 10.7. The van der Waals surface area contributed by atoms with E-state index in [1.807, 2.05) is 72.8 Å². The molecule has 2 aliphatic rings. The summed E-state index contributed by atoms with van der Waals surface area (Å²) < 4.78 is 6.26. The summed E-state index contributed by atoms with van der Waals surface area (Å²) in [5.74, 6) is 2.75. The summed E-state index contributed by atoms with van der Waals surface area (Å²) >= 11 is 0. The molecule has 0 saturated heterocycles. The average molecular weight is 529 g/mol. The number of nitrogens with zero attached hydrogens (tertiary/aromatic N) is 3. The van der Waals surface area contributed by atoms with Crippen LogP contribution in [0.5, 0.6) is 0 Å². The van der Waals surface area contributed by atoms with Crippen LogP contribution < -0.4 is 5.32 Å². The highest BCUT2D eigenvalue weighted by molar-refractivity contribution is 6.04. The molecule has 5 heteroatoms. The Morgan fingerprint density at radius 3 is 1.85 bits per heavy atom. The van der Waals surface area contributed by atoms with Gasteiger partial charge < -0.3 is 9.73 Å².